The lowest BCUT2D eigenvalue weighted by molar-refractivity contribution is 0.0592. The minimum Gasteiger partial charge on any atom is -0.396 e. The molecule has 1 saturated heterocycles. The molecule has 2 aromatic rings. The molecule has 6 heteroatoms. The summed E-state index contributed by atoms with van der Waals surface area (Å²) < 4.78 is 1.43. The summed E-state index contributed by atoms with van der Waals surface area (Å²) in [5.74, 6) is -0.263. The molecule has 24 heavy (non-hydrogen) atoms. The zero-order valence-electron chi connectivity index (χ0n) is 14.2. The Kier molecular flexibility index (Phi) is 4.41. The number of likely N-dealkylation sites (tertiary alicyclic amines) is 1. The summed E-state index contributed by atoms with van der Waals surface area (Å²) in [4.78, 5) is 31.8. The van der Waals surface area contributed by atoms with E-state index in [9.17, 15) is 9.59 Å². The molecule has 1 aliphatic heterocycles. The fraction of sp³-hybridized carbons (Fsp3) is 0.500. The highest BCUT2D eigenvalue weighted by molar-refractivity contribution is 5.94. The van der Waals surface area contributed by atoms with Crippen LogP contribution in [0.25, 0.3) is 5.65 Å². The van der Waals surface area contributed by atoms with Gasteiger partial charge in [-0.3, -0.25) is 14.0 Å². The summed E-state index contributed by atoms with van der Waals surface area (Å²) in [5, 5.41) is 9.10. The molecule has 1 fully saturated rings. The topological polar surface area (TPSA) is 74.9 Å². The highest BCUT2D eigenvalue weighted by Gasteiger charge is 2.40. The molecule has 0 aliphatic carbocycles. The predicted octanol–water partition coefficient (Wildman–Crippen LogP) is 1.77. The number of pyridine rings is 1. The Bertz CT molecular complexity index is 830. The third-order valence-corrected chi connectivity index (χ3v) is 4.95. The van der Waals surface area contributed by atoms with Crippen molar-refractivity contribution < 1.29 is 9.90 Å². The molecule has 0 aromatic carbocycles. The molecule has 1 aliphatic rings. The van der Waals surface area contributed by atoms with E-state index in [1.807, 2.05) is 19.9 Å². The number of hydrogen-bond donors (Lipinski definition) is 1. The number of aryl methyl sites for hydroxylation is 1. The van der Waals surface area contributed by atoms with E-state index in [-0.39, 0.29) is 29.2 Å². The third-order valence-electron chi connectivity index (χ3n) is 4.95. The zero-order valence-corrected chi connectivity index (χ0v) is 14.2. The first kappa shape index (κ1) is 16.6. The van der Waals surface area contributed by atoms with Crippen LogP contribution >= 0.6 is 0 Å². The van der Waals surface area contributed by atoms with E-state index in [1.54, 1.807) is 17.2 Å². The van der Waals surface area contributed by atoms with Crippen LogP contribution < -0.4 is 5.56 Å². The Morgan fingerprint density at radius 2 is 2.21 bits per heavy atom. The molecule has 3 rings (SSSR count). The van der Waals surface area contributed by atoms with Crippen LogP contribution in [0.4, 0.5) is 0 Å². The van der Waals surface area contributed by atoms with Gasteiger partial charge in [0.15, 0.2) is 0 Å². The second-order valence-electron chi connectivity index (χ2n) is 6.80. The molecule has 0 spiro atoms. The summed E-state index contributed by atoms with van der Waals surface area (Å²) in [5.41, 5.74) is 0.940. The summed E-state index contributed by atoms with van der Waals surface area (Å²) in [6, 6.07) is 3.65. The molecule has 128 valence electrons. The van der Waals surface area contributed by atoms with E-state index in [2.05, 4.69) is 4.98 Å². The van der Waals surface area contributed by atoms with Crippen molar-refractivity contribution >= 4 is 11.6 Å². The lowest BCUT2D eigenvalue weighted by Gasteiger charge is -2.35. The number of amides is 1. The molecule has 1 atom stereocenters. The van der Waals surface area contributed by atoms with Gasteiger partial charge >= 0.3 is 0 Å². The fourth-order valence-electron chi connectivity index (χ4n) is 3.56. The molecule has 1 N–H and O–H groups in total. The Labute approximate surface area is 140 Å². The van der Waals surface area contributed by atoms with Gasteiger partial charge in [0.05, 0.1) is 0 Å². The quantitative estimate of drug-likeness (QED) is 0.927. The molecule has 1 amide bonds. The van der Waals surface area contributed by atoms with E-state index in [1.165, 1.54) is 10.6 Å². The Balaban J connectivity index is 1.99. The van der Waals surface area contributed by atoms with Crippen LogP contribution in [0.3, 0.4) is 0 Å². The number of fused-ring (bicyclic) bond motifs is 1. The minimum absolute atomic E-state index is 0.107. The number of aromatic nitrogens is 2. The number of aliphatic hydroxyl groups excluding tert-OH is 1. The molecular weight excluding hydrogens is 306 g/mol. The van der Waals surface area contributed by atoms with Gasteiger partial charge in [-0.25, -0.2) is 4.98 Å². The molecule has 0 bridgehead atoms. The van der Waals surface area contributed by atoms with Gasteiger partial charge in [0.1, 0.15) is 11.2 Å². The first-order chi connectivity index (χ1) is 11.5. The predicted molar refractivity (Wildman–Crippen MR) is 91.2 cm³/mol. The number of hydrogen-bond acceptors (Lipinski definition) is 4. The number of aliphatic hydroxyl groups is 1. The van der Waals surface area contributed by atoms with Crippen molar-refractivity contribution in [2.75, 3.05) is 13.2 Å². The maximum Gasteiger partial charge on any atom is 0.270 e. The number of nitrogens with zero attached hydrogens (tertiary/aromatic N) is 3. The van der Waals surface area contributed by atoms with Gasteiger partial charge in [0.25, 0.3) is 11.5 Å². The highest BCUT2D eigenvalue weighted by Crippen LogP contribution is 2.33. The number of carbonyl (C=O) groups is 1. The van der Waals surface area contributed by atoms with Gasteiger partial charge in [-0.05, 0) is 51.2 Å². The van der Waals surface area contributed by atoms with Crippen LogP contribution in [-0.2, 0) is 0 Å². The normalized spacial score (nSPS) is 20.7. The largest absolute Gasteiger partial charge is 0.396 e. The average molecular weight is 329 g/mol. The van der Waals surface area contributed by atoms with Crippen molar-refractivity contribution in [3.8, 4) is 0 Å². The lowest BCUT2D eigenvalue weighted by atomic mass is 9.92. The maximum absolute atomic E-state index is 13.0. The second kappa shape index (κ2) is 6.36. The van der Waals surface area contributed by atoms with E-state index < -0.39 is 0 Å². The summed E-state index contributed by atoms with van der Waals surface area (Å²) in [6.45, 7) is 4.67. The number of carbonyl (C=O) groups excluding carboxylic acids is 1. The van der Waals surface area contributed by atoms with Gasteiger partial charge in [0.2, 0.25) is 0 Å². The Morgan fingerprint density at radius 1 is 1.42 bits per heavy atom. The molecule has 3 heterocycles. The van der Waals surface area contributed by atoms with E-state index >= 15 is 0 Å². The molecule has 1 unspecified atom stereocenters. The van der Waals surface area contributed by atoms with E-state index in [0.717, 1.165) is 24.8 Å². The third kappa shape index (κ3) is 2.82. The molecule has 0 radical (unpaired) electrons. The lowest BCUT2D eigenvalue weighted by Crippen LogP contribution is -2.47. The van der Waals surface area contributed by atoms with Crippen molar-refractivity contribution in [1.29, 1.82) is 0 Å². The summed E-state index contributed by atoms with van der Waals surface area (Å²) >= 11 is 0. The van der Waals surface area contributed by atoms with Crippen molar-refractivity contribution in [2.24, 2.45) is 0 Å². The van der Waals surface area contributed by atoms with Crippen LogP contribution in [0, 0.1) is 6.92 Å². The van der Waals surface area contributed by atoms with Crippen molar-refractivity contribution in [3.63, 3.8) is 0 Å². The van der Waals surface area contributed by atoms with Gasteiger partial charge in [0, 0.05) is 31.1 Å². The summed E-state index contributed by atoms with van der Waals surface area (Å²) in [6.07, 6.45) is 6.27. The van der Waals surface area contributed by atoms with Crippen molar-refractivity contribution in [1.82, 2.24) is 14.3 Å². The van der Waals surface area contributed by atoms with Crippen molar-refractivity contribution in [3.05, 3.63) is 46.0 Å². The highest BCUT2D eigenvalue weighted by atomic mass is 16.3. The smallest absolute Gasteiger partial charge is 0.270 e. The van der Waals surface area contributed by atoms with Crippen LogP contribution in [0.1, 0.15) is 48.5 Å². The maximum atomic E-state index is 13.0. The Morgan fingerprint density at radius 3 is 2.96 bits per heavy atom. The minimum atomic E-state index is -0.329. The van der Waals surface area contributed by atoms with Gasteiger partial charge in [-0.15, -0.1) is 0 Å². The first-order valence-corrected chi connectivity index (χ1v) is 8.37. The van der Waals surface area contributed by atoms with Crippen LogP contribution in [0.5, 0.6) is 0 Å². The van der Waals surface area contributed by atoms with Crippen molar-refractivity contribution in [2.45, 2.75) is 45.1 Å². The van der Waals surface area contributed by atoms with E-state index in [0.29, 0.717) is 18.6 Å². The summed E-state index contributed by atoms with van der Waals surface area (Å²) in [7, 11) is 0. The van der Waals surface area contributed by atoms with Crippen LogP contribution in [-0.4, -0.2) is 44.0 Å². The van der Waals surface area contributed by atoms with Gasteiger partial charge < -0.3 is 10.0 Å². The molecule has 6 nitrogen and oxygen atoms in total. The Hall–Kier alpha value is -2.21. The SMILES string of the molecule is Cc1ccc2ncc(C(=O)N3CCCC3(C)CCCO)c(=O)n2c1. The molecule has 0 saturated carbocycles. The fourth-order valence-corrected chi connectivity index (χ4v) is 3.56. The molecule has 2 aromatic heterocycles. The van der Waals surface area contributed by atoms with E-state index in [4.69, 9.17) is 5.11 Å². The standard InChI is InChI=1S/C18H23N3O3/c1-13-5-6-15-19-11-14(16(23)20(15)12-13)17(24)21-9-3-7-18(21,2)8-4-10-22/h5-6,11-12,22H,3-4,7-10H2,1-2H3. The second-order valence-corrected chi connectivity index (χ2v) is 6.80. The first-order valence-electron chi connectivity index (χ1n) is 8.37. The number of rotatable bonds is 4. The van der Waals surface area contributed by atoms with Crippen LogP contribution in [0.2, 0.25) is 0 Å². The zero-order chi connectivity index (χ0) is 17.3. The van der Waals surface area contributed by atoms with Gasteiger partial charge in [-0.1, -0.05) is 6.07 Å². The van der Waals surface area contributed by atoms with Gasteiger partial charge in [-0.2, -0.15) is 0 Å². The van der Waals surface area contributed by atoms with Crippen LogP contribution in [0.15, 0.2) is 29.3 Å². The monoisotopic (exact) mass is 329 g/mol. The average Bonchev–Trinajstić information content (AvgIpc) is 2.95. The molecular formula is C18H23N3O3.